The van der Waals surface area contributed by atoms with Crippen molar-refractivity contribution in [2.45, 2.75) is 20.4 Å². The highest BCUT2D eigenvalue weighted by atomic mass is 16.2. The van der Waals surface area contributed by atoms with Crippen LogP contribution in [0.2, 0.25) is 0 Å². The third-order valence-electron chi connectivity index (χ3n) is 5.83. The molecule has 0 fully saturated rings. The molecule has 0 unspecified atom stereocenters. The lowest BCUT2D eigenvalue weighted by atomic mass is 10.0. The minimum Gasteiger partial charge on any atom is -0.348 e. The molecule has 5 rings (SSSR count). The molecule has 0 aromatic carbocycles. The third-order valence-corrected chi connectivity index (χ3v) is 5.83. The van der Waals surface area contributed by atoms with Crippen LogP contribution in [0.25, 0.3) is 22.3 Å². The largest absolute Gasteiger partial charge is 0.348 e. The zero-order chi connectivity index (χ0) is 23.1. The zero-order valence-corrected chi connectivity index (χ0v) is 18.6. The minimum absolute atomic E-state index is 0.0852. The van der Waals surface area contributed by atoms with E-state index in [2.05, 4.69) is 20.6 Å². The first-order chi connectivity index (χ1) is 16.0. The van der Waals surface area contributed by atoms with Gasteiger partial charge in [-0.3, -0.25) is 19.5 Å². The number of carbonyl (C=O) groups excluding carboxylic acids is 2. The maximum atomic E-state index is 12.8. The van der Waals surface area contributed by atoms with Crippen molar-refractivity contribution in [1.29, 1.82) is 0 Å². The number of carbonyl (C=O) groups is 2. The quantitative estimate of drug-likeness (QED) is 0.492. The minimum atomic E-state index is -0.162. The standard InChI is InChI=1S/C24H23N7O2/c1-4-31(14(2)32)20-7-5-6-19(29-20)28-18-13-26-22(17-12-27-24(33)21(17)18)15-8-10-25-23-16(15)9-11-30(23)3/h5-11,13H,4,12H2,1-3H3,(H,27,33)(H,28,29). The van der Waals surface area contributed by atoms with Gasteiger partial charge in [0.15, 0.2) is 0 Å². The number of pyridine rings is 3. The molecule has 5 heterocycles. The Morgan fingerprint density at radius 2 is 2.09 bits per heavy atom. The van der Waals surface area contributed by atoms with Gasteiger partial charge in [-0.15, -0.1) is 0 Å². The number of aryl methyl sites for hydroxylation is 1. The summed E-state index contributed by atoms with van der Waals surface area (Å²) in [5.74, 6) is 0.824. The molecule has 0 saturated heterocycles. The first-order valence-electron chi connectivity index (χ1n) is 10.7. The number of nitrogens with one attached hydrogen (secondary N) is 2. The monoisotopic (exact) mass is 441 g/mol. The van der Waals surface area contributed by atoms with Gasteiger partial charge in [-0.1, -0.05) is 6.07 Å². The number of rotatable bonds is 5. The highest BCUT2D eigenvalue weighted by Crippen LogP contribution is 2.36. The van der Waals surface area contributed by atoms with E-state index in [1.165, 1.54) is 6.92 Å². The molecule has 4 aromatic rings. The van der Waals surface area contributed by atoms with E-state index in [9.17, 15) is 9.59 Å². The molecule has 0 atom stereocenters. The van der Waals surface area contributed by atoms with Crippen LogP contribution in [0, 0.1) is 0 Å². The Morgan fingerprint density at radius 1 is 1.24 bits per heavy atom. The molecular formula is C24H23N7O2. The fourth-order valence-electron chi connectivity index (χ4n) is 4.27. The van der Waals surface area contributed by atoms with Crippen LogP contribution in [0.15, 0.2) is 48.9 Å². The highest BCUT2D eigenvalue weighted by molar-refractivity contribution is 6.06. The third kappa shape index (κ3) is 3.47. The van der Waals surface area contributed by atoms with E-state index in [-0.39, 0.29) is 11.8 Å². The molecule has 0 spiro atoms. The number of amides is 2. The van der Waals surface area contributed by atoms with E-state index in [0.29, 0.717) is 36.0 Å². The van der Waals surface area contributed by atoms with Crippen LogP contribution in [0.5, 0.6) is 0 Å². The number of hydrogen-bond acceptors (Lipinski definition) is 6. The van der Waals surface area contributed by atoms with Crippen LogP contribution in [0.4, 0.5) is 17.3 Å². The molecule has 4 aromatic heterocycles. The van der Waals surface area contributed by atoms with E-state index in [4.69, 9.17) is 4.98 Å². The lowest BCUT2D eigenvalue weighted by molar-refractivity contribution is -0.116. The molecule has 1 aliphatic rings. The van der Waals surface area contributed by atoms with E-state index >= 15 is 0 Å². The number of hydrogen-bond donors (Lipinski definition) is 2. The first-order valence-corrected chi connectivity index (χ1v) is 10.7. The van der Waals surface area contributed by atoms with Crippen molar-refractivity contribution >= 4 is 40.2 Å². The number of anilines is 3. The van der Waals surface area contributed by atoms with Gasteiger partial charge in [-0.25, -0.2) is 9.97 Å². The Labute approximate surface area is 190 Å². The van der Waals surface area contributed by atoms with Crippen LogP contribution in [0.1, 0.15) is 29.8 Å². The first kappa shape index (κ1) is 20.6. The fraction of sp³-hybridized carbons (Fsp3) is 0.208. The second-order valence-corrected chi connectivity index (χ2v) is 7.85. The van der Waals surface area contributed by atoms with Crippen molar-refractivity contribution in [2.24, 2.45) is 7.05 Å². The second kappa shape index (κ2) is 8.01. The summed E-state index contributed by atoms with van der Waals surface area (Å²) in [6.07, 6.45) is 5.37. The lowest BCUT2D eigenvalue weighted by Gasteiger charge is -2.19. The number of aromatic nitrogens is 4. The van der Waals surface area contributed by atoms with Gasteiger partial charge < -0.3 is 15.2 Å². The summed E-state index contributed by atoms with van der Waals surface area (Å²) in [5, 5.41) is 7.12. The summed E-state index contributed by atoms with van der Waals surface area (Å²) >= 11 is 0. The van der Waals surface area contributed by atoms with E-state index < -0.39 is 0 Å². The molecule has 2 amide bonds. The Balaban J connectivity index is 1.57. The van der Waals surface area contributed by atoms with Crippen LogP contribution in [0.3, 0.4) is 0 Å². The smallest absolute Gasteiger partial charge is 0.254 e. The van der Waals surface area contributed by atoms with Gasteiger partial charge in [-0.05, 0) is 31.2 Å². The van der Waals surface area contributed by atoms with E-state index in [0.717, 1.165) is 27.9 Å². The molecule has 166 valence electrons. The predicted molar refractivity (Wildman–Crippen MR) is 126 cm³/mol. The van der Waals surface area contributed by atoms with Gasteiger partial charge in [0.05, 0.1) is 23.1 Å². The molecule has 0 bridgehead atoms. The summed E-state index contributed by atoms with van der Waals surface area (Å²) in [6, 6.07) is 9.32. The van der Waals surface area contributed by atoms with Crippen molar-refractivity contribution in [3.8, 4) is 11.3 Å². The molecule has 2 N–H and O–H groups in total. The van der Waals surface area contributed by atoms with Crippen molar-refractivity contribution < 1.29 is 9.59 Å². The molecular weight excluding hydrogens is 418 g/mol. The predicted octanol–water partition coefficient (Wildman–Crippen LogP) is 3.39. The van der Waals surface area contributed by atoms with Gasteiger partial charge in [0.1, 0.15) is 17.3 Å². The average molecular weight is 441 g/mol. The Hall–Kier alpha value is -4.27. The fourth-order valence-corrected chi connectivity index (χ4v) is 4.27. The molecule has 33 heavy (non-hydrogen) atoms. The summed E-state index contributed by atoms with van der Waals surface area (Å²) in [7, 11) is 1.95. The molecule has 0 aliphatic carbocycles. The normalized spacial score (nSPS) is 12.5. The molecule has 1 aliphatic heterocycles. The molecule has 0 saturated carbocycles. The highest BCUT2D eigenvalue weighted by Gasteiger charge is 2.28. The van der Waals surface area contributed by atoms with Crippen LogP contribution < -0.4 is 15.5 Å². The van der Waals surface area contributed by atoms with E-state index in [1.807, 2.05) is 42.9 Å². The number of nitrogens with zero attached hydrogens (tertiary/aromatic N) is 5. The summed E-state index contributed by atoms with van der Waals surface area (Å²) in [5.41, 5.74) is 4.48. The van der Waals surface area contributed by atoms with Crippen molar-refractivity contribution in [3.63, 3.8) is 0 Å². The van der Waals surface area contributed by atoms with Crippen LogP contribution >= 0.6 is 0 Å². The maximum Gasteiger partial charge on any atom is 0.254 e. The SMILES string of the molecule is CCN(C(C)=O)c1cccc(Nc2cnc(-c3ccnc4c3ccn4C)c3c2C(=O)NC3)n1. The molecule has 9 heteroatoms. The lowest BCUT2D eigenvalue weighted by Crippen LogP contribution is -2.28. The van der Waals surface area contributed by atoms with Gasteiger partial charge in [0.25, 0.3) is 5.91 Å². The van der Waals surface area contributed by atoms with Gasteiger partial charge in [0.2, 0.25) is 5.91 Å². The maximum absolute atomic E-state index is 12.8. The Kier molecular flexibility index (Phi) is 5.01. The van der Waals surface area contributed by atoms with Crippen LogP contribution in [-0.2, 0) is 18.4 Å². The summed E-state index contributed by atoms with van der Waals surface area (Å²) in [4.78, 5) is 40.0. The topological polar surface area (TPSA) is 105 Å². The zero-order valence-electron chi connectivity index (χ0n) is 18.6. The second-order valence-electron chi connectivity index (χ2n) is 7.85. The summed E-state index contributed by atoms with van der Waals surface area (Å²) < 4.78 is 1.96. The summed E-state index contributed by atoms with van der Waals surface area (Å²) in [6.45, 7) is 4.31. The van der Waals surface area contributed by atoms with Crippen molar-refractivity contribution in [1.82, 2.24) is 24.8 Å². The Bertz CT molecular complexity index is 1410. The number of fused-ring (bicyclic) bond motifs is 2. The van der Waals surface area contributed by atoms with Crippen molar-refractivity contribution in [3.05, 3.63) is 60.0 Å². The molecule has 9 nitrogen and oxygen atoms in total. The Morgan fingerprint density at radius 3 is 2.88 bits per heavy atom. The van der Waals surface area contributed by atoms with Gasteiger partial charge in [0, 0.05) is 56.0 Å². The van der Waals surface area contributed by atoms with Gasteiger partial charge in [-0.2, -0.15) is 0 Å². The molecule has 0 radical (unpaired) electrons. The van der Waals surface area contributed by atoms with Crippen molar-refractivity contribution in [2.75, 3.05) is 16.8 Å². The average Bonchev–Trinajstić information content (AvgIpc) is 3.38. The van der Waals surface area contributed by atoms with E-state index in [1.54, 1.807) is 29.4 Å². The van der Waals surface area contributed by atoms with Crippen LogP contribution in [-0.4, -0.2) is 37.9 Å². The van der Waals surface area contributed by atoms with Gasteiger partial charge >= 0.3 is 0 Å².